The molecule has 3 nitrogen and oxygen atoms in total. The molecule has 1 aromatic carbocycles. The highest BCUT2D eigenvalue weighted by atomic mass is 16.3. The van der Waals surface area contributed by atoms with Crippen LogP contribution in [0.3, 0.4) is 0 Å². The van der Waals surface area contributed by atoms with Crippen molar-refractivity contribution >= 4 is 0 Å². The van der Waals surface area contributed by atoms with Crippen molar-refractivity contribution in [2.24, 2.45) is 5.73 Å². The molecule has 1 atom stereocenters. The van der Waals surface area contributed by atoms with Crippen molar-refractivity contribution < 1.29 is 5.11 Å². The Morgan fingerprint density at radius 3 is 2.40 bits per heavy atom. The minimum atomic E-state index is -0.195. The Bertz CT molecular complexity index is 425. The summed E-state index contributed by atoms with van der Waals surface area (Å²) in [6.45, 7) is 0. The number of phenolic OH excluding ortho intramolecular Hbond substituents is 1. The molecule has 0 bridgehead atoms. The van der Waals surface area contributed by atoms with E-state index in [4.69, 9.17) is 10.8 Å². The van der Waals surface area contributed by atoms with E-state index in [2.05, 4.69) is 4.98 Å². The first-order valence-electron chi connectivity index (χ1n) is 4.72. The summed E-state index contributed by atoms with van der Waals surface area (Å²) in [5, 5.41) is 9.16. The Morgan fingerprint density at radius 1 is 1.07 bits per heavy atom. The van der Waals surface area contributed by atoms with Gasteiger partial charge in [-0.2, -0.15) is 0 Å². The number of aromatic hydroxyl groups is 1. The van der Waals surface area contributed by atoms with Crippen LogP contribution in [0.5, 0.6) is 5.75 Å². The average molecular weight is 200 g/mol. The molecule has 0 amide bonds. The molecule has 1 unspecified atom stereocenters. The fourth-order valence-electron chi connectivity index (χ4n) is 1.43. The van der Waals surface area contributed by atoms with Gasteiger partial charge in [0.15, 0.2) is 0 Å². The quantitative estimate of drug-likeness (QED) is 0.777. The number of rotatable bonds is 2. The van der Waals surface area contributed by atoms with Crippen molar-refractivity contribution in [3.05, 3.63) is 59.9 Å². The fraction of sp³-hybridized carbons (Fsp3) is 0.0833. The molecule has 0 aliphatic rings. The van der Waals surface area contributed by atoms with Gasteiger partial charge in [0.2, 0.25) is 0 Å². The zero-order chi connectivity index (χ0) is 10.7. The van der Waals surface area contributed by atoms with Crippen LogP contribution >= 0.6 is 0 Å². The average Bonchev–Trinajstić information content (AvgIpc) is 2.30. The molecule has 0 aliphatic carbocycles. The zero-order valence-corrected chi connectivity index (χ0v) is 8.17. The van der Waals surface area contributed by atoms with Gasteiger partial charge in [-0.05, 0) is 29.3 Å². The summed E-state index contributed by atoms with van der Waals surface area (Å²) < 4.78 is 0. The van der Waals surface area contributed by atoms with Crippen LogP contribution in [0, 0.1) is 0 Å². The molecule has 2 rings (SSSR count). The van der Waals surface area contributed by atoms with Crippen molar-refractivity contribution in [3.8, 4) is 5.75 Å². The Labute approximate surface area is 88.2 Å². The van der Waals surface area contributed by atoms with Gasteiger partial charge >= 0.3 is 0 Å². The molecule has 15 heavy (non-hydrogen) atoms. The second-order valence-electron chi connectivity index (χ2n) is 3.36. The number of nitrogens with zero attached hydrogens (tertiary/aromatic N) is 1. The van der Waals surface area contributed by atoms with Gasteiger partial charge in [-0.1, -0.05) is 18.2 Å². The second kappa shape index (κ2) is 4.11. The van der Waals surface area contributed by atoms with Gasteiger partial charge in [0.25, 0.3) is 0 Å². The number of benzene rings is 1. The van der Waals surface area contributed by atoms with E-state index in [-0.39, 0.29) is 11.8 Å². The van der Waals surface area contributed by atoms with Crippen molar-refractivity contribution in [2.75, 3.05) is 0 Å². The van der Waals surface area contributed by atoms with Gasteiger partial charge in [-0.15, -0.1) is 0 Å². The maximum absolute atomic E-state index is 9.16. The fourth-order valence-corrected chi connectivity index (χ4v) is 1.43. The molecule has 2 aromatic rings. The van der Waals surface area contributed by atoms with Crippen LogP contribution in [0.15, 0.2) is 48.8 Å². The van der Waals surface area contributed by atoms with Crippen molar-refractivity contribution in [1.29, 1.82) is 0 Å². The van der Waals surface area contributed by atoms with Crippen molar-refractivity contribution in [2.45, 2.75) is 6.04 Å². The zero-order valence-electron chi connectivity index (χ0n) is 8.17. The lowest BCUT2D eigenvalue weighted by atomic mass is 10.0. The first-order chi connectivity index (χ1) is 7.27. The highest BCUT2D eigenvalue weighted by Crippen LogP contribution is 2.20. The number of phenols is 1. The van der Waals surface area contributed by atoms with E-state index in [9.17, 15) is 0 Å². The summed E-state index contributed by atoms with van der Waals surface area (Å²) >= 11 is 0. The van der Waals surface area contributed by atoms with Gasteiger partial charge in [0, 0.05) is 12.4 Å². The highest BCUT2D eigenvalue weighted by molar-refractivity contribution is 5.33. The summed E-state index contributed by atoms with van der Waals surface area (Å²) in [4.78, 5) is 4.02. The van der Waals surface area contributed by atoms with E-state index in [1.54, 1.807) is 24.5 Å². The van der Waals surface area contributed by atoms with Gasteiger partial charge in [0.05, 0.1) is 6.04 Å². The number of hydrogen-bond acceptors (Lipinski definition) is 3. The third-order valence-corrected chi connectivity index (χ3v) is 2.30. The minimum absolute atomic E-state index is 0.195. The summed E-state index contributed by atoms with van der Waals surface area (Å²) in [6, 6.07) is 10.5. The number of hydrogen-bond donors (Lipinski definition) is 2. The lowest BCUT2D eigenvalue weighted by molar-refractivity contribution is 0.475. The maximum Gasteiger partial charge on any atom is 0.115 e. The summed E-state index contributed by atoms with van der Waals surface area (Å²) in [5.41, 5.74) is 7.97. The molecule has 0 saturated carbocycles. The van der Waals surface area contributed by atoms with Crippen LogP contribution in [-0.4, -0.2) is 10.1 Å². The van der Waals surface area contributed by atoms with Crippen LogP contribution < -0.4 is 5.73 Å². The molecule has 0 spiro atoms. The van der Waals surface area contributed by atoms with E-state index in [0.29, 0.717) is 0 Å². The van der Waals surface area contributed by atoms with E-state index >= 15 is 0 Å². The van der Waals surface area contributed by atoms with E-state index in [1.807, 2.05) is 24.3 Å². The van der Waals surface area contributed by atoms with Crippen LogP contribution in [-0.2, 0) is 0 Å². The normalized spacial score (nSPS) is 12.3. The number of aromatic nitrogens is 1. The standard InChI is InChI=1S/C12H12N2O/c13-12(10-2-1-7-14-8-10)9-3-5-11(15)6-4-9/h1-8,12,15H,13H2. The molecule has 1 aromatic heterocycles. The largest absolute Gasteiger partial charge is 0.508 e. The van der Waals surface area contributed by atoms with Crippen LogP contribution in [0.4, 0.5) is 0 Å². The summed E-state index contributed by atoms with van der Waals surface area (Å²) in [7, 11) is 0. The van der Waals surface area contributed by atoms with E-state index in [0.717, 1.165) is 11.1 Å². The van der Waals surface area contributed by atoms with Crippen molar-refractivity contribution in [3.63, 3.8) is 0 Å². The third-order valence-electron chi connectivity index (χ3n) is 2.30. The summed E-state index contributed by atoms with van der Waals surface area (Å²) in [5.74, 6) is 0.247. The number of nitrogens with two attached hydrogens (primary N) is 1. The first kappa shape index (κ1) is 9.68. The smallest absolute Gasteiger partial charge is 0.115 e. The SMILES string of the molecule is NC(c1ccc(O)cc1)c1cccnc1. The van der Waals surface area contributed by atoms with Crippen LogP contribution in [0.25, 0.3) is 0 Å². The minimum Gasteiger partial charge on any atom is -0.508 e. The highest BCUT2D eigenvalue weighted by Gasteiger charge is 2.07. The molecule has 0 aliphatic heterocycles. The Morgan fingerprint density at radius 2 is 1.80 bits per heavy atom. The van der Waals surface area contributed by atoms with Gasteiger partial charge < -0.3 is 10.8 Å². The third kappa shape index (κ3) is 2.14. The first-order valence-corrected chi connectivity index (χ1v) is 4.72. The second-order valence-corrected chi connectivity index (χ2v) is 3.36. The topological polar surface area (TPSA) is 59.1 Å². The molecule has 0 radical (unpaired) electrons. The Hall–Kier alpha value is -1.87. The van der Waals surface area contributed by atoms with E-state index in [1.165, 1.54) is 0 Å². The Balaban J connectivity index is 2.29. The predicted molar refractivity (Wildman–Crippen MR) is 58.4 cm³/mol. The molecule has 3 heteroatoms. The van der Waals surface area contributed by atoms with Crippen LogP contribution in [0.1, 0.15) is 17.2 Å². The molecule has 1 heterocycles. The van der Waals surface area contributed by atoms with Crippen LogP contribution in [0.2, 0.25) is 0 Å². The lowest BCUT2D eigenvalue weighted by Crippen LogP contribution is -2.11. The summed E-state index contributed by atoms with van der Waals surface area (Å²) in [6.07, 6.45) is 3.46. The van der Waals surface area contributed by atoms with Gasteiger partial charge in [0.1, 0.15) is 5.75 Å². The molecule has 76 valence electrons. The molecule has 0 fully saturated rings. The molecule has 0 saturated heterocycles. The van der Waals surface area contributed by atoms with Gasteiger partial charge in [-0.25, -0.2) is 0 Å². The molecular formula is C12H12N2O. The molecule has 3 N–H and O–H groups in total. The van der Waals surface area contributed by atoms with E-state index < -0.39 is 0 Å². The molecular weight excluding hydrogens is 188 g/mol. The Kier molecular flexibility index (Phi) is 2.65. The van der Waals surface area contributed by atoms with Crippen molar-refractivity contribution in [1.82, 2.24) is 4.98 Å². The monoisotopic (exact) mass is 200 g/mol. The lowest BCUT2D eigenvalue weighted by Gasteiger charge is -2.11. The van der Waals surface area contributed by atoms with Gasteiger partial charge in [-0.3, -0.25) is 4.98 Å². The maximum atomic E-state index is 9.16. The number of pyridine rings is 1. The predicted octanol–water partition coefficient (Wildman–Crippen LogP) is 1.84.